The summed E-state index contributed by atoms with van der Waals surface area (Å²) in [5, 5.41) is 0. The van der Waals surface area contributed by atoms with Crippen molar-refractivity contribution in [3.63, 3.8) is 0 Å². The Balaban J connectivity index is 2.44. The Hall–Kier alpha value is -1.88. The van der Waals surface area contributed by atoms with Crippen molar-refractivity contribution in [2.24, 2.45) is 0 Å². The van der Waals surface area contributed by atoms with Crippen LogP contribution in [-0.4, -0.2) is 55.5 Å². The van der Waals surface area contributed by atoms with Gasteiger partial charge in [0.2, 0.25) is 5.91 Å². The van der Waals surface area contributed by atoms with Gasteiger partial charge in [-0.3, -0.25) is 9.59 Å². The van der Waals surface area contributed by atoms with Crippen LogP contribution < -0.4 is 0 Å². The van der Waals surface area contributed by atoms with Crippen LogP contribution in [0.25, 0.3) is 0 Å². The maximum atomic E-state index is 12.3. The average Bonchev–Trinajstić information content (AvgIpc) is 2.42. The first kappa shape index (κ1) is 14.5. The second kappa shape index (κ2) is 5.63. The van der Waals surface area contributed by atoms with Gasteiger partial charge in [-0.25, -0.2) is 0 Å². The minimum atomic E-state index is -0.659. The van der Waals surface area contributed by atoms with Crippen LogP contribution in [0, 0.1) is 6.92 Å². The second-order valence-corrected chi connectivity index (χ2v) is 5.27. The van der Waals surface area contributed by atoms with E-state index in [0.717, 1.165) is 11.1 Å². The van der Waals surface area contributed by atoms with Gasteiger partial charge in [0.05, 0.1) is 6.04 Å². The molecule has 2 amide bonds. The molecule has 0 aliphatic carbocycles. The molecule has 1 saturated heterocycles. The maximum absolute atomic E-state index is 12.3. The lowest BCUT2D eigenvalue weighted by atomic mass is 9.94. The van der Waals surface area contributed by atoms with Crippen molar-refractivity contribution in [3.05, 3.63) is 35.4 Å². The molecule has 2 rings (SSSR count). The van der Waals surface area contributed by atoms with E-state index < -0.39 is 6.10 Å². The number of morpholine rings is 1. The van der Waals surface area contributed by atoms with E-state index in [4.69, 9.17) is 4.74 Å². The van der Waals surface area contributed by atoms with Crippen LogP contribution >= 0.6 is 0 Å². The van der Waals surface area contributed by atoms with Gasteiger partial charge in [0.15, 0.2) is 6.10 Å². The summed E-state index contributed by atoms with van der Waals surface area (Å²) in [5.41, 5.74) is 1.99. The summed E-state index contributed by atoms with van der Waals surface area (Å²) in [4.78, 5) is 27.3. The van der Waals surface area contributed by atoms with Crippen molar-refractivity contribution in [3.8, 4) is 0 Å². The molecule has 1 aromatic rings. The number of likely N-dealkylation sites (N-methyl/N-ethyl adjacent to an activating group) is 2. The number of rotatable bonds is 2. The summed E-state index contributed by atoms with van der Waals surface area (Å²) in [5.74, 6) is -0.237. The first-order valence-corrected chi connectivity index (χ1v) is 6.57. The quantitative estimate of drug-likeness (QED) is 0.809. The van der Waals surface area contributed by atoms with E-state index in [1.807, 2.05) is 31.2 Å². The minimum absolute atomic E-state index is 0.0525. The normalized spacial score (nSPS) is 22.8. The molecule has 0 aromatic heterocycles. The maximum Gasteiger partial charge on any atom is 0.253 e. The molecule has 0 unspecified atom stereocenters. The third kappa shape index (κ3) is 2.54. The summed E-state index contributed by atoms with van der Waals surface area (Å²) >= 11 is 0. The molecule has 1 fully saturated rings. The standard InChI is InChI=1S/C15H20N2O3/c1-10-7-5-6-8-11(10)13-14(15(19)16(2)3)20-9-12(18)17(13)4/h5-8,13-14H,9H2,1-4H3/t13-,14+/m1/s1. The Kier molecular flexibility index (Phi) is 4.09. The largest absolute Gasteiger partial charge is 0.356 e. The highest BCUT2D eigenvalue weighted by molar-refractivity contribution is 5.86. The number of hydrogen-bond acceptors (Lipinski definition) is 3. The predicted octanol–water partition coefficient (Wildman–Crippen LogP) is 0.982. The summed E-state index contributed by atoms with van der Waals surface area (Å²) in [6.07, 6.45) is -0.659. The molecule has 0 radical (unpaired) electrons. The monoisotopic (exact) mass is 276 g/mol. The van der Waals surface area contributed by atoms with Gasteiger partial charge in [0, 0.05) is 21.1 Å². The number of hydrogen-bond donors (Lipinski definition) is 0. The fourth-order valence-corrected chi connectivity index (χ4v) is 2.46. The topological polar surface area (TPSA) is 49.9 Å². The second-order valence-electron chi connectivity index (χ2n) is 5.27. The fraction of sp³-hybridized carbons (Fsp3) is 0.467. The first-order chi connectivity index (χ1) is 9.43. The van der Waals surface area contributed by atoms with E-state index in [-0.39, 0.29) is 24.5 Å². The van der Waals surface area contributed by atoms with Crippen molar-refractivity contribution >= 4 is 11.8 Å². The van der Waals surface area contributed by atoms with Gasteiger partial charge < -0.3 is 14.5 Å². The number of carbonyl (C=O) groups is 2. The SMILES string of the molecule is Cc1ccccc1[C@@H]1[C@@H](C(=O)N(C)C)OCC(=O)N1C. The number of ether oxygens (including phenoxy) is 1. The lowest BCUT2D eigenvalue weighted by Gasteiger charge is -2.39. The van der Waals surface area contributed by atoms with Crippen LogP contribution in [0.4, 0.5) is 0 Å². The molecule has 108 valence electrons. The molecule has 0 saturated carbocycles. The number of nitrogens with zero attached hydrogens (tertiary/aromatic N) is 2. The molecular formula is C15H20N2O3. The summed E-state index contributed by atoms with van der Waals surface area (Å²) in [7, 11) is 5.10. The molecule has 1 aliphatic heterocycles. The van der Waals surface area contributed by atoms with Crippen LogP contribution in [0.2, 0.25) is 0 Å². The highest BCUT2D eigenvalue weighted by Gasteiger charge is 2.41. The third-order valence-electron chi connectivity index (χ3n) is 3.68. The molecular weight excluding hydrogens is 256 g/mol. The summed E-state index contributed by atoms with van der Waals surface area (Å²) in [6.45, 7) is 1.92. The van der Waals surface area contributed by atoms with E-state index in [9.17, 15) is 9.59 Å². The highest BCUT2D eigenvalue weighted by atomic mass is 16.5. The van der Waals surface area contributed by atoms with Gasteiger partial charge in [0.25, 0.3) is 5.91 Å². The Morgan fingerprint density at radius 3 is 2.60 bits per heavy atom. The molecule has 2 atom stereocenters. The van der Waals surface area contributed by atoms with Gasteiger partial charge in [-0.15, -0.1) is 0 Å². The molecule has 1 aliphatic rings. The van der Waals surface area contributed by atoms with Crippen molar-refractivity contribution in [2.75, 3.05) is 27.7 Å². The number of amides is 2. The van der Waals surface area contributed by atoms with Gasteiger partial charge in [-0.2, -0.15) is 0 Å². The van der Waals surface area contributed by atoms with Gasteiger partial charge >= 0.3 is 0 Å². The van der Waals surface area contributed by atoms with Gasteiger partial charge in [-0.1, -0.05) is 24.3 Å². The number of carbonyl (C=O) groups excluding carboxylic acids is 2. The Morgan fingerprint density at radius 2 is 2.00 bits per heavy atom. The molecule has 5 heteroatoms. The Labute approximate surface area is 119 Å². The molecule has 1 heterocycles. The van der Waals surface area contributed by atoms with Crippen LogP contribution in [0.5, 0.6) is 0 Å². The third-order valence-corrected chi connectivity index (χ3v) is 3.68. The van der Waals surface area contributed by atoms with E-state index in [1.54, 1.807) is 26.0 Å². The smallest absolute Gasteiger partial charge is 0.253 e. The molecule has 0 spiro atoms. The van der Waals surface area contributed by atoms with Gasteiger partial charge in [0.1, 0.15) is 6.61 Å². The predicted molar refractivity (Wildman–Crippen MR) is 75.1 cm³/mol. The average molecular weight is 276 g/mol. The fourth-order valence-electron chi connectivity index (χ4n) is 2.46. The lowest BCUT2D eigenvalue weighted by molar-refractivity contribution is -0.166. The Bertz CT molecular complexity index is 528. The zero-order valence-corrected chi connectivity index (χ0v) is 12.3. The molecule has 1 aromatic carbocycles. The zero-order chi connectivity index (χ0) is 14.9. The molecule has 20 heavy (non-hydrogen) atoms. The van der Waals surface area contributed by atoms with Gasteiger partial charge in [-0.05, 0) is 18.1 Å². The summed E-state index contributed by atoms with van der Waals surface area (Å²) in [6, 6.07) is 7.38. The van der Waals surface area contributed by atoms with E-state index in [2.05, 4.69) is 0 Å². The van der Waals surface area contributed by atoms with E-state index >= 15 is 0 Å². The molecule has 5 nitrogen and oxygen atoms in total. The van der Waals surface area contributed by atoms with Crippen LogP contribution in [0.15, 0.2) is 24.3 Å². The first-order valence-electron chi connectivity index (χ1n) is 6.57. The highest BCUT2D eigenvalue weighted by Crippen LogP contribution is 2.31. The number of benzene rings is 1. The van der Waals surface area contributed by atoms with Crippen molar-refractivity contribution in [1.29, 1.82) is 0 Å². The summed E-state index contributed by atoms with van der Waals surface area (Å²) < 4.78 is 5.52. The van der Waals surface area contributed by atoms with Crippen LogP contribution in [-0.2, 0) is 14.3 Å². The van der Waals surface area contributed by atoms with Crippen LogP contribution in [0.1, 0.15) is 17.2 Å². The van der Waals surface area contributed by atoms with Crippen LogP contribution in [0.3, 0.4) is 0 Å². The zero-order valence-electron chi connectivity index (χ0n) is 12.3. The van der Waals surface area contributed by atoms with E-state index in [1.165, 1.54) is 4.90 Å². The van der Waals surface area contributed by atoms with E-state index in [0.29, 0.717) is 0 Å². The minimum Gasteiger partial charge on any atom is -0.356 e. The number of aryl methyl sites for hydroxylation is 1. The van der Waals surface area contributed by atoms with Crippen molar-refractivity contribution in [2.45, 2.75) is 19.1 Å². The molecule has 0 bridgehead atoms. The van der Waals surface area contributed by atoms with Crippen molar-refractivity contribution < 1.29 is 14.3 Å². The Morgan fingerprint density at radius 1 is 1.35 bits per heavy atom. The molecule has 0 N–H and O–H groups in total. The lowest BCUT2D eigenvalue weighted by Crippen LogP contribution is -2.52. The van der Waals surface area contributed by atoms with Crippen molar-refractivity contribution in [1.82, 2.24) is 9.80 Å².